The van der Waals surface area contributed by atoms with Gasteiger partial charge in [0.25, 0.3) is 0 Å². The predicted octanol–water partition coefficient (Wildman–Crippen LogP) is 2.61. The zero-order valence-electron chi connectivity index (χ0n) is 12.4. The Bertz CT molecular complexity index is 490. The van der Waals surface area contributed by atoms with Gasteiger partial charge in [-0.15, -0.1) is 0 Å². The molecular formula is C14H21BrN4O2. The molecule has 116 valence electrons. The lowest BCUT2D eigenvalue weighted by Crippen LogP contribution is -2.30. The van der Waals surface area contributed by atoms with E-state index in [1.807, 2.05) is 0 Å². The normalized spacial score (nSPS) is 21.9. The Hall–Kier alpha value is -1.21. The number of anilines is 2. The quantitative estimate of drug-likeness (QED) is 0.761. The highest BCUT2D eigenvalue weighted by molar-refractivity contribution is 9.10. The zero-order valence-corrected chi connectivity index (χ0v) is 13.9. The minimum atomic E-state index is 0.0614. The van der Waals surface area contributed by atoms with E-state index in [0.29, 0.717) is 28.4 Å². The fourth-order valence-electron chi connectivity index (χ4n) is 2.44. The molecule has 7 heteroatoms. The third-order valence-corrected chi connectivity index (χ3v) is 3.98. The number of ether oxygens (including phenoxy) is 1. The SMILES string of the molecule is CO[C@H]1CC[C@H](Nc2nc(Br)cnc2N[13CH2][13C](C)=O)CC1. The van der Waals surface area contributed by atoms with E-state index >= 15 is 0 Å². The van der Waals surface area contributed by atoms with Crippen LogP contribution in [0.15, 0.2) is 10.8 Å². The molecule has 0 bridgehead atoms. The number of halogens is 1. The molecule has 1 aromatic rings. The number of Topliss-reactive ketones (excluding diaryl/α,β-unsaturated/α-hetero) is 1. The van der Waals surface area contributed by atoms with Crippen LogP contribution in [0, 0.1) is 0 Å². The highest BCUT2D eigenvalue weighted by atomic mass is 79.9. The third-order valence-electron chi connectivity index (χ3n) is 3.60. The van der Waals surface area contributed by atoms with Gasteiger partial charge in [-0.3, -0.25) is 4.79 Å². The topological polar surface area (TPSA) is 76.1 Å². The largest absolute Gasteiger partial charge is 0.381 e. The summed E-state index contributed by atoms with van der Waals surface area (Å²) in [6.45, 7) is 1.79. The van der Waals surface area contributed by atoms with Crippen LogP contribution in [0.25, 0.3) is 0 Å². The number of aromatic nitrogens is 2. The van der Waals surface area contributed by atoms with Crippen molar-refractivity contribution >= 4 is 33.3 Å². The highest BCUT2D eigenvalue weighted by Gasteiger charge is 2.22. The first kappa shape index (κ1) is 16.2. The minimum absolute atomic E-state index is 0.0614. The molecule has 1 fully saturated rings. The van der Waals surface area contributed by atoms with Crippen molar-refractivity contribution in [3.63, 3.8) is 0 Å². The van der Waals surface area contributed by atoms with Crippen molar-refractivity contribution in [2.75, 3.05) is 24.3 Å². The van der Waals surface area contributed by atoms with Gasteiger partial charge in [-0.1, -0.05) is 0 Å². The van der Waals surface area contributed by atoms with Crippen LogP contribution < -0.4 is 10.6 Å². The predicted molar refractivity (Wildman–Crippen MR) is 85.6 cm³/mol. The molecule has 0 amide bonds. The first-order valence-electron chi connectivity index (χ1n) is 7.13. The number of ketones is 1. The van der Waals surface area contributed by atoms with Crippen molar-refractivity contribution in [2.45, 2.75) is 44.8 Å². The first-order valence-corrected chi connectivity index (χ1v) is 7.93. The van der Waals surface area contributed by atoms with Crippen molar-refractivity contribution in [1.29, 1.82) is 0 Å². The number of carbonyl (C=O) groups excluding carboxylic acids is 1. The van der Waals surface area contributed by atoms with Gasteiger partial charge in [-0.2, -0.15) is 0 Å². The summed E-state index contributed by atoms with van der Waals surface area (Å²) >= 11 is 3.33. The van der Waals surface area contributed by atoms with Crippen LogP contribution in [0.4, 0.5) is 11.6 Å². The number of methoxy groups -OCH3 is 1. The van der Waals surface area contributed by atoms with Crippen molar-refractivity contribution < 1.29 is 9.53 Å². The van der Waals surface area contributed by atoms with Gasteiger partial charge in [0, 0.05) is 13.2 Å². The van der Waals surface area contributed by atoms with E-state index in [4.69, 9.17) is 4.74 Å². The van der Waals surface area contributed by atoms with Gasteiger partial charge < -0.3 is 15.4 Å². The number of rotatable bonds is 6. The molecule has 0 unspecified atom stereocenters. The van der Waals surface area contributed by atoms with Crippen LogP contribution in [0.3, 0.4) is 0 Å². The van der Waals surface area contributed by atoms with Gasteiger partial charge in [0.2, 0.25) is 0 Å². The molecule has 1 saturated carbocycles. The van der Waals surface area contributed by atoms with Crippen LogP contribution in [-0.4, -0.2) is 41.6 Å². The molecule has 0 atom stereocenters. The van der Waals surface area contributed by atoms with Gasteiger partial charge in [-0.05, 0) is 48.5 Å². The Labute approximate surface area is 133 Å². The van der Waals surface area contributed by atoms with Gasteiger partial charge in [-0.25, -0.2) is 9.97 Å². The zero-order chi connectivity index (χ0) is 15.2. The second-order valence-corrected chi connectivity index (χ2v) is 6.11. The minimum Gasteiger partial charge on any atom is -0.381 e. The molecule has 6 nitrogen and oxygen atoms in total. The molecule has 1 heterocycles. The summed E-state index contributed by atoms with van der Waals surface area (Å²) in [6, 6.07) is 0.359. The Morgan fingerprint density at radius 3 is 2.71 bits per heavy atom. The standard InChI is InChI=1S/C14H21BrN4O2/c1-9(20)7-16-13-14(19-12(15)8-17-13)18-10-3-5-11(21-2)6-4-10/h8,10-11H,3-7H2,1-2H3,(H,16,17)(H,18,19)/t10-,11-/i7+1,9+1. The molecule has 0 aliphatic heterocycles. The average Bonchev–Trinajstić information content (AvgIpc) is 2.47. The second kappa shape index (κ2) is 7.70. The number of hydrogen-bond acceptors (Lipinski definition) is 6. The van der Waals surface area contributed by atoms with E-state index in [1.54, 1.807) is 20.2 Å². The Morgan fingerprint density at radius 1 is 1.38 bits per heavy atom. The smallest absolute Gasteiger partial charge is 0.170 e. The lowest BCUT2D eigenvalue weighted by Gasteiger charge is -2.29. The summed E-state index contributed by atoms with van der Waals surface area (Å²) < 4.78 is 6.05. The van der Waals surface area contributed by atoms with Gasteiger partial charge in [0.1, 0.15) is 10.4 Å². The lowest BCUT2D eigenvalue weighted by atomic mass is 9.93. The number of nitrogens with zero attached hydrogens (tertiary/aromatic N) is 2. The molecule has 0 aromatic carbocycles. The molecule has 0 saturated heterocycles. The van der Waals surface area contributed by atoms with Crippen LogP contribution in [0.1, 0.15) is 32.6 Å². The Morgan fingerprint density at radius 2 is 2.10 bits per heavy atom. The number of nitrogens with one attached hydrogen (secondary N) is 2. The number of carbonyl (C=O) groups is 1. The molecule has 21 heavy (non-hydrogen) atoms. The molecule has 0 radical (unpaired) electrons. The van der Waals surface area contributed by atoms with Gasteiger partial charge in [0.15, 0.2) is 11.6 Å². The molecular weight excluding hydrogens is 338 g/mol. The summed E-state index contributed by atoms with van der Waals surface area (Å²) in [4.78, 5) is 19.8. The van der Waals surface area contributed by atoms with Crippen LogP contribution in [0.2, 0.25) is 0 Å². The molecule has 1 aliphatic carbocycles. The van der Waals surface area contributed by atoms with Crippen LogP contribution in [0.5, 0.6) is 0 Å². The third kappa shape index (κ3) is 4.93. The van der Waals surface area contributed by atoms with Gasteiger partial charge in [0.05, 0.1) is 18.8 Å². The molecule has 1 aromatic heterocycles. The number of hydrogen-bond donors (Lipinski definition) is 2. The Kier molecular flexibility index (Phi) is 5.93. The maximum Gasteiger partial charge on any atom is 0.170 e. The van der Waals surface area contributed by atoms with Gasteiger partial charge >= 0.3 is 0 Å². The summed E-state index contributed by atoms with van der Waals surface area (Å²) in [5.41, 5.74) is 0. The first-order chi connectivity index (χ1) is 10.1. The second-order valence-electron chi connectivity index (χ2n) is 5.30. The fraction of sp³-hybridized carbons (Fsp3) is 0.643. The highest BCUT2D eigenvalue weighted by Crippen LogP contribution is 2.26. The van der Waals surface area contributed by atoms with Crippen molar-refractivity contribution in [3.05, 3.63) is 10.8 Å². The monoisotopic (exact) mass is 358 g/mol. The van der Waals surface area contributed by atoms with E-state index in [-0.39, 0.29) is 12.3 Å². The van der Waals surface area contributed by atoms with Crippen LogP contribution in [-0.2, 0) is 9.53 Å². The fourth-order valence-corrected chi connectivity index (χ4v) is 2.72. The maximum atomic E-state index is 11.1. The molecule has 1 aliphatic rings. The van der Waals surface area contributed by atoms with E-state index < -0.39 is 0 Å². The van der Waals surface area contributed by atoms with E-state index in [9.17, 15) is 4.79 Å². The van der Waals surface area contributed by atoms with Crippen molar-refractivity contribution in [2.24, 2.45) is 0 Å². The molecule has 2 N–H and O–H groups in total. The Balaban J connectivity index is 2.01. The molecule has 0 spiro atoms. The lowest BCUT2D eigenvalue weighted by molar-refractivity contribution is -0.115. The average molecular weight is 359 g/mol. The summed E-state index contributed by atoms with van der Waals surface area (Å²) in [6.07, 6.45) is 6.16. The summed E-state index contributed by atoms with van der Waals surface area (Å²) in [5, 5.41) is 6.44. The summed E-state index contributed by atoms with van der Waals surface area (Å²) in [5.74, 6) is 1.36. The van der Waals surface area contributed by atoms with E-state index in [1.165, 1.54) is 0 Å². The van der Waals surface area contributed by atoms with E-state index in [2.05, 4.69) is 36.5 Å². The van der Waals surface area contributed by atoms with Crippen LogP contribution >= 0.6 is 15.9 Å². The molecule has 2 rings (SSSR count). The van der Waals surface area contributed by atoms with E-state index in [0.717, 1.165) is 25.7 Å². The van der Waals surface area contributed by atoms with Crippen molar-refractivity contribution in [3.8, 4) is 0 Å². The summed E-state index contributed by atoms with van der Waals surface area (Å²) in [7, 11) is 1.77. The van der Waals surface area contributed by atoms with Crippen molar-refractivity contribution in [1.82, 2.24) is 9.97 Å². The maximum absolute atomic E-state index is 11.1.